The normalized spacial score (nSPS) is 14.8. The fraction of sp³-hybridized carbons (Fsp3) is 0.348. The Hall–Kier alpha value is -3.20. The van der Waals surface area contributed by atoms with Gasteiger partial charge in [0.25, 0.3) is 5.76 Å². The first-order valence-electron chi connectivity index (χ1n) is 10.4. The number of rotatable bonds is 6. The lowest BCUT2D eigenvalue weighted by molar-refractivity contribution is -0.901. The number of nitrogens with one attached hydrogen (secondary N) is 1. The van der Waals surface area contributed by atoms with Gasteiger partial charge < -0.3 is 23.9 Å². The lowest BCUT2D eigenvalue weighted by Crippen LogP contribution is -3.08. The van der Waals surface area contributed by atoms with Crippen LogP contribution in [0.3, 0.4) is 0 Å². The molecule has 1 aliphatic heterocycles. The van der Waals surface area contributed by atoms with E-state index in [1.807, 2.05) is 0 Å². The molecular formula is C23H23F3NO5+. The molecule has 0 amide bonds. The van der Waals surface area contributed by atoms with Gasteiger partial charge in [-0.2, -0.15) is 13.2 Å². The molecule has 4 rings (SSSR count). The van der Waals surface area contributed by atoms with Crippen LogP contribution in [-0.4, -0.2) is 24.8 Å². The van der Waals surface area contributed by atoms with E-state index in [0.717, 1.165) is 30.8 Å². The van der Waals surface area contributed by atoms with Crippen molar-refractivity contribution in [3.05, 3.63) is 57.9 Å². The molecule has 3 aromatic rings. The van der Waals surface area contributed by atoms with E-state index in [1.54, 1.807) is 19.1 Å². The van der Waals surface area contributed by atoms with Gasteiger partial charge in [-0.3, -0.25) is 4.79 Å². The number of hydrogen-bond acceptors (Lipinski definition) is 5. The first-order valence-corrected chi connectivity index (χ1v) is 10.4. The monoisotopic (exact) mass is 450 g/mol. The summed E-state index contributed by atoms with van der Waals surface area (Å²) in [6.07, 6.45) is -3.00. The predicted molar refractivity (Wildman–Crippen MR) is 110 cm³/mol. The van der Waals surface area contributed by atoms with E-state index in [-0.39, 0.29) is 46.9 Å². The molecule has 0 unspecified atom stereocenters. The lowest BCUT2D eigenvalue weighted by atomic mass is 10.1. The van der Waals surface area contributed by atoms with Gasteiger partial charge in [0, 0.05) is 12.8 Å². The van der Waals surface area contributed by atoms with Gasteiger partial charge in [0.05, 0.1) is 30.6 Å². The number of ether oxygens (including phenoxy) is 2. The van der Waals surface area contributed by atoms with Crippen LogP contribution < -0.4 is 19.8 Å². The molecule has 0 bridgehead atoms. The molecule has 0 spiro atoms. The highest BCUT2D eigenvalue weighted by Gasteiger charge is 2.41. The molecule has 6 nitrogen and oxygen atoms in total. The first kappa shape index (κ1) is 22.0. The van der Waals surface area contributed by atoms with Gasteiger partial charge in [0.1, 0.15) is 12.3 Å². The number of aromatic hydroxyl groups is 1. The molecule has 0 atom stereocenters. The van der Waals surface area contributed by atoms with Gasteiger partial charge in [-0.25, -0.2) is 0 Å². The van der Waals surface area contributed by atoms with Gasteiger partial charge in [0.2, 0.25) is 11.2 Å². The third kappa shape index (κ3) is 4.25. The van der Waals surface area contributed by atoms with E-state index in [2.05, 4.69) is 0 Å². The van der Waals surface area contributed by atoms with E-state index in [9.17, 15) is 23.1 Å². The van der Waals surface area contributed by atoms with Crippen LogP contribution in [0.5, 0.6) is 23.0 Å². The third-order valence-corrected chi connectivity index (χ3v) is 5.45. The molecule has 2 aromatic carbocycles. The number of likely N-dealkylation sites (tertiary alicyclic amines) is 1. The molecule has 1 aliphatic rings. The summed E-state index contributed by atoms with van der Waals surface area (Å²) in [5.74, 6) is -2.56. The Morgan fingerprint density at radius 1 is 1.09 bits per heavy atom. The number of phenols is 1. The average molecular weight is 450 g/mol. The highest BCUT2D eigenvalue weighted by Crippen LogP contribution is 2.41. The number of para-hydroxylation sites is 2. The van der Waals surface area contributed by atoms with Crippen LogP contribution in [0, 0.1) is 0 Å². The predicted octanol–water partition coefficient (Wildman–Crippen LogP) is 3.89. The van der Waals surface area contributed by atoms with E-state index in [0.29, 0.717) is 0 Å². The van der Waals surface area contributed by atoms with Crippen LogP contribution in [0.4, 0.5) is 13.2 Å². The van der Waals surface area contributed by atoms with Crippen molar-refractivity contribution in [2.24, 2.45) is 0 Å². The van der Waals surface area contributed by atoms with Crippen LogP contribution in [-0.2, 0) is 12.7 Å². The van der Waals surface area contributed by atoms with Gasteiger partial charge in [-0.15, -0.1) is 0 Å². The molecule has 1 saturated heterocycles. The zero-order chi connectivity index (χ0) is 22.9. The number of benzene rings is 2. The molecule has 1 aromatic heterocycles. The summed E-state index contributed by atoms with van der Waals surface area (Å²) in [5, 5.41) is 10.3. The van der Waals surface area contributed by atoms with Gasteiger partial charge in [-0.1, -0.05) is 12.1 Å². The number of alkyl halides is 3. The summed E-state index contributed by atoms with van der Waals surface area (Å²) in [5.41, 5.74) is -1.06. The van der Waals surface area contributed by atoms with Crippen LogP contribution in [0.1, 0.15) is 31.1 Å². The Balaban J connectivity index is 1.89. The Labute approximate surface area is 181 Å². The van der Waals surface area contributed by atoms with Gasteiger partial charge >= 0.3 is 6.18 Å². The second-order valence-electron chi connectivity index (χ2n) is 7.64. The summed E-state index contributed by atoms with van der Waals surface area (Å²) in [6, 6.07) is 8.69. The van der Waals surface area contributed by atoms with Crippen LogP contribution in [0.25, 0.3) is 11.0 Å². The maximum atomic E-state index is 13.9. The Bertz CT molecular complexity index is 1180. The minimum atomic E-state index is -4.99. The summed E-state index contributed by atoms with van der Waals surface area (Å²) in [7, 11) is 0. The third-order valence-electron chi connectivity index (χ3n) is 5.45. The van der Waals surface area contributed by atoms with E-state index >= 15 is 0 Å². The fourth-order valence-electron chi connectivity index (χ4n) is 3.96. The van der Waals surface area contributed by atoms with E-state index in [4.69, 9.17) is 13.9 Å². The van der Waals surface area contributed by atoms with Crippen LogP contribution in [0.2, 0.25) is 0 Å². The van der Waals surface area contributed by atoms with Crippen molar-refractivity contribution in [2.75, 3.05) is 19.7 Å². The standard InChI is InChI=1S/C23H22F3NO5/c1-2-30-17-7-3-4-8-18(17)31-21-19(29)14-9-10-16(28)15(13-27-11-5-6-12-27)20(14)32-22(21)23(24,25)26/h3-4,7-10,28H,2,5-6,11-13H2,1H3/p+1. The Morgan fingerprint density at radius 2 is 1.78 bits per heavy atom. The second kappa shape index (κ2) is 8.74. The number of hydrogen-bond donors (Lipinski definition) is 2. The zero-order valence-electron chi connectivity index (χ0n) is 17.4. The average Bonchev–Trinajstić information content (AvgIpc) is 3.26. The molecule has 170 valence electrons. The zero-order valence-corrected chi connectivity index (χ0v) is 17.4. The fourth-order valence-corrected chi connectivity index (χ4v) is 3.96. The maximum Gasteiger partial charge on any atom is 0.453 e. The maximum absolute atomic E-state index is 13.9. The van der Waals surface area contributed by atoms with Crippen molar-refractivity contribution < 1.29 is 37.1 Å². The highest BCUT2D eigenvalue weighted by molar-refractivity contribution is 5.83. The van der Waals surface area contributed by atoms with Crippen LogP contribution >= 0.6 is 0 Å². The first-order chi connectivity index (χ1) is 15.3. The number of halogens is 3. The van der Waals surface area contributed by atoms with E-state index in [1.165, 1.54) is 24.3 Å². The Kier molecular flexibility index (Phi) is 6.01. The van der Waals surface area contributed by atoms with Crippen molar-refractivity contribution in [1.29, 1.82) is 0 Å². The van der Waals surface area contributed by atoms with Crippen LogP contribution in [0.15, 0.2) is 45.6 Å². The van der Waals surface area contributed by atoms with Crippen molar-refractivity contribution in [3.63, 3.8) is 0 Å². The quantitative estimate of drug-likeness (QED) is 0.596. The van der Waals surface area contributed by atoms with Crippen molar-refractivity contribution in [2.45, 2.75) is 32.5 Å². The molecule has 0 saturated carbocycles. The molecule has 32 heavy (non-hydrogen) atoms. The summed E-state index contributed by atoms with van der Waals surface area (Å²) < 4.78 is 57.9. The molecule has 2 N–H and O–H groups in total. The number of phenolic OH excluding ortho intramolecular Hbond substituents is 1. The number of quaternary nitrogens is 1. The molecule has 9 heteroatoms. The SMILES string of the molecule is CCOc1ccccc1Oc1c(C(F)(F)F)oc2c(C[NH+]3CCCC3)c(O)ccc2c1=O. The largest absolute Gasteiger partial charge is 0.507 e. The second-order valence-corrected chi connectivity index (χ2v) is 7.64. The smallest absolute Gasteiger partial charge is 0.453 e. The lowest BCUT2D eigenvalue weighted by Gasteiger charge is -2.17. The van der Waals surface area contributed by atoms with Crippen molar-refractivity contribution in [1.82, 2.24) is 0 Å². The molecule has 0 aliphatic carbocycles. The molecule has 0 radical (unpaired) electrons. The van der Waals surface area contributed by atoms with Crippen molar-refractivity contribution >= 4 is 11.0 Å². The summed E-state index contributed by atoms with van der Waals surface area (Å²) in [4.78, 5) is 14.3. The Morgan fingerprint density at radius 3 is 2.44 bits per heavy atom. The minimum Gasteiger partial charge on any atom is -0.507 e. The van der Waals surface area contributed by atoms with Crippen molar-refractivity contribution in [3.8, 4) is 23.0 Å². The highest BCUT2D eigenvalue weighted by atomic mass is 19.4. The summed E-state index contributed by atoms with van der Waals surface area (Å²) in [6.45, 7) is 3.92. The molecule has 2 heterocycles. The molecule has 1 fully saturated rings. The minimum absolute atomic E-state index is 0.0352. The molecular weight excluding hydrogens is 427 g/mol. The topological polar surface area (TPSA) is 73.3 Å². The summed E-state index contributed by atoms with van der Waals surface area (Å²) >= 11 is 0. The number of fused-ring (bicyclic) bond motifs is 1. The van der Waals surface area contributed by atoms with E-state index < -0.39 is 23.1 Å². The van der Waals surface area contributed by atoms with Gasteiger partial charge in [-0.05, 0) is 31.2 Å². The van der Waals surface area contributed by atoms with Gasteiger partial charge in [0.15, 0.2) is 17.1 Å².